The number of benzene rings is 1. The highest BCUT2D eigenvalue weighted by Gasteiger charge is 2.49. The third kappa shape index (κ3) is 8.20. The van der Waals surface area contributed by atoms with Gasteiger partial charge in [0, 0.05) is 0 Å². The molecule has 0 bridgehead atoms. The molecule has 0 aliphatic rings. The number of halogens is 3. The molecule has 25 heavy (non-hydrogen) atoms. The molecule has 1 aromatic carbocycles. The fraction of sp³-hybridized carbons (Fsp3) is 0.538. The average molecular weight is 423 g/mol. The molecule has 1 rings (SSSR count). The molecule has 0 spiro atoms. The molecule has 6 nitrogen and oxygen atoms in total. The van der Waals surface area contributed by atoms with Gasteiger partial charge in [-0.15, -0.1) is 0 Å². The number of aryl methyl sites for hydroxylation is 2. The van der Waals surface area contributed by atoms with Crippen LogP contribution in [-0.2, 0) is 20.2 Å². The van der Waals surface area contributed by atoms with Crippen molar-refractivity contribution >= 4 is 33.5 Å². The first-order chi connectivity index (χ1) is 10.8. The van der Waals surface area contributed by atoms with E-state index in [1.54, 1.807) is 13.0 Å². The summed E-state index contributed by atoms with van der Waals surface area (Å²) in [7, 11) is -11.4. The fourth-order valence-electron chi connectivity index (χ4n) is 1.61. The summed E-state index contributed by atoms with van der Waals surface area (Å²) < 4.78 is 89.8. The van der Waals surface area contributed by atoms with Gasteiger partial charge in [-0.1, -0.05) is 25.7 Å². The zero-order chi connectivity index (χ0) is 20.4. The normalized spacial score (nSPS) is 13.0. The monoisotopic (exact) mass is 422 g/mol. The molecule has 0 saturated carbocycles. The lowest BCUT2D eigenvalue weighted by atomic mass is 10.1. The Morgan fingerprint density at radius 1 is 1.00 bits per heavy atom. The van der Waals surface area contributed by atoms with Crippen molar-refractivity contribution in [3.8, 4) is 5.75 Å². The van der Waals surface area contributed by atoms with E-state index in [4.69, 9.17) is 4.55 Å². The van der Waals surface area contributed by atoms with Crippen LogP contribution in [0.2, 0.25) is 19.6 Å². The molecule has 0 saturated heterocycles. The summed E-state index contributed by atoms with van der Waals surface area (Å²) in [6.45, 7) is 9.23. The molecule has 1 aromatic rings. The van der Waals surface area contributed by atoms with Gasteiger partial charge in [0.1, 0.15) is 5.75 Å². The van der Waals surface area contributed by atoms with E-state index in [0.29, 0.717) is 17.0 Å². The smallest absolute Gasteiger partial charge is 0.376 e. The van der Waals surface area contributed by atoms with Crippen LogP contribution < -0.4 is 9.37 Å². The first kappa shape index (κ1) is 23.9. The van der Waals surface area contributed by atoms with E-state index < -0.39 is 33.8 Å². The summed E-state index contributed by atoms with van der Waals surface area (Å²) in [5.74, 6) is -0.218. The summed E-state index contributed by atoms with van der Waals surface area (Å²) in [6, 6.07) is 3.06. The molecule has 146 valence electrons. The zero-order valence-electron chi connectivity index (χ0n) is 14.6. The molecule has 0 aliphatic heterocycles. The maximum absolute atomic E-state index is 12.4. The molecule has 1 N–H and O–H groups in total. The minimum absolute atomic E-state index is 0.218. The maximum Gasteiger partial charge on any atom is 0.534 e. The average Bonchev–Trinajstić information content (AvgIpc) is 2.27. The van der Waals surface area contributed by atoms with E-state index in [1.807, 2.05) is 26.6 Å². The first-order valence-corrected chi connectivity index (χ1v) is 13.6. The predicted molar refractivity (Wildman–Crippen MR) is 92.0 cm³/mol. The van der Waals surface area contributed by atoms with Crippen LogP contribution in [0.1, 0.15) is 11.1 Å². The number of rotatable bonds is 3. The zero-order valence-corrected chi connectivity index (χ0v) is 17.2. The Hall–Kier alpha value is -1.11. The fourth-order valence-corrected chi connectivity index (χ4v) is 3.66. The standard InChI is InChI=1S/C12H17F3O3SSi.CH4O3S/c1-8-6-10(18-19(16,17)12(13,14)15)11(7-9(8)2)20(3,4)5;1-5(2,3)4/h6-7H,1-5H3;1H3,(H,2,3,4). The second kappa shape index (κ2) is 7.64. The summed E-state index contributed by atoms with van der Waals surface area (Å²) in [5, 5.41) is 0.549. The van der Waals surface area contributed by atoms with E-state index in [0.717, 1.165) is 5.56 Å². The molecule has 0 amide bonds. The van der Waals surface area contributed by atoms with Gasteiger partial charge in [-0.25, -0.2) is 0 Å². The maximum atomic E-state index is 12.4. The quantitative estimate of drug-likeness (QED) is 0.348. The molecule has 0 fully saturated rings. The number of alkyl halides is 3. The summed E-state index contributed by atoms with van der Waals surface area (Å²) in [4.78, 5) is 0. The van der Waals surface area contributed by atoms with E-state index in [2.05, 4.69) is 4.18 Å². The Labute approximate surface area is 146 Å². The third-order valence-corrected chi connectivity index (χ3v) is 5.86. The van der Waals surface area contributed by atoms with Gasteiger partial charge in [-0.3, -0.25) is 4.55 Å². The molecule has 12 heteroatoms. The van der Waals surface area contributed by atoms with E-state index >= 15 is 0 Å². The van der Waals surface area contributed by atoms with Crippen molar-refractivity contribution in [3.63, 3.8) is 0 Å². The van der Waals surface area contributed by atoms with Crippen LogP contribution in [0.5, 0.6) is 5.75 Å². The second-order valence-corrected chi connectivity index (χ2v) is 14.4. The van der Waals surface area contributed by atoms with Crippen molar-refractivity contribution in [1.82, 2.24) is 0 Å². The van der Waals surface area contributed by atoms with Gasteiger partial charge in [0.25, 0.3) is 10.1 Å². The van der Waals surface area contributed by atoms with Gasteiger partial charge in [-0.05, 0) is 36.2 Å². The van der Waals surface area contributed by atoms with Crippen LogP contribution >= 0.6 is 0 Å². The lowest BCUT2D eigenvalue weighted by Crippen LogP contribution is -2.40. The summed E-state index contributed by atoms with van der Waals surface area (Å²) in [5.41, 5.74) is -3.86. The first-order valence-electron chi connectivity index (χ1n) is 6.80. The Balaban J connectivity index is 0.00000101. The van der Waals surface area contributed by atoms with Crippen molar-refractivity contribution in [1.29, 1.82) is 0 Å². The summed E-state index contributed by atoms with van der Waals surface area (Å²) in [6.07, 6.45) is 0.715. The SMILES string of the molecule is CS(=O)(=O)O.Cc1cc(OS(=O)(=O)C(F)(F)F)c([Si](C)(C)C)cc1C. The Morgan fingerprint density at radius 3 is 1.68 bits per heavy atom. The van der Waals surface area contributed by atoms with Crippen LogP contribution in [0.3, 0.4) is 0 Å². The highest BCUT2D eigenvalue weighted by Crippen LogP contribution is 2.28. The van der Waals surface area contributed by atoms with Gasteiger partial charge < -0.3 is 4.18 Å². The largest absolute Gasteiger partial charge is 0.534 e. The highest BCUT2D eigenvalue weighted by molar-refractivity contribution is 7.88. The lowest BCUT2D eigenvalue weighted by Gasteiger charge is -2.22. The van der Waals surface area contributed by atoms with Crippen LogP contribution in [0.15, 0.2) is 12.1 Å². The van der Waals surface area contributed by atoms with Gasteiger partial charge in [0.15, 0.2) is 0 Å². The van der Waals surface area contributed by atoms with Crippen molar-refractivity contribution < 1.29 is 38.7 Å². The van der Waals surface area contributed by atoms with E-state index in [1.165, 1.54) is 6.07 Å². The second-order valence-electron chi connectivity index (χ2n) is 6.40. The Bertz CT molecular complexity index is 817. The predicted octanol–water partition coefficient (Wildman–Crippen LogP) is 2.58. The minimum atomic E-state index is -5.64. The molecule has 0 radical (unpaired) electrons. The van der Waals surface area contributed by atoms with Crippen LogP contribution in [0.4, 0.5) is 13.2 Å². The molecular formula is C13H21F3O6S2Si. The van der Waals surface area contributed by atoms with Crippen LogP contribution in [0.25, 0.3) is 0 Å². The van der Waals surface area contributed by atoms with Crippen molar-refractivity contribution in [2.45, 2.75) is 39.0 Å². The van der Waals surface area contributed by atoms with E-state index in [-0.39, 0.29) is 5.75 Å². The third-order valence-electron chi connectivity index (χ3n) is 2.89. The molecule has 0 aromatic heterocycles. The Morgan fingerprint density at radius 2 is 1.36 bits per heavy atom. The van der Waals surface area contributed by atoms with Crippen molar-refractivity contribution in [2.75, 3.05) is 6.26 Å². The van der Waals surface area contributed by atoms with E-state index in [9.17, 15) is 30.0 Å². The van der Waals surface area contributed by atoms with Crippen LogP contribution in [0, 0.1) is 13.8 Å². The minimum Gasteiger partial charge on any atom is -0.376 e. The molecule has 0 heterocycles. The van der Waals surface area contributed by atoms with Gasteiger partial charge in [-0.2, -0.15) is 30.0 Å². The van der Waals surface area contributed by atoms with Gasteiger partial charge in [0.05, 0.1) is 14.3 Å². The lowest BCUT2D eigenvalue weighted by molar-refractivity contribution is -0.0499. The Kier molecular flexibility index (Phi) is 7.30. The summed E-state index contributed by atoms with van der Waals surface area (Å²) >= 11 is 0. The van der Waals surface area contributed by atoms with Crippen molar-refractivity contribution in [3.05, 3.63) is 23.3 Å². The molecule has 0 atom stereocenters. The van der Waals surface area contributed by atoms with Crippen molar-refractivity contribution in [2.24, 2.45) is 0 Å². The highest BCUT2D eigenvalue weighted by atomic mass is 32.2. The van der Waals surface area contributed by atoms with Gasteiger partial charge in [0.2, 0.25) is 0 Å². The van der Waals surface area contributed by atoms with Crippen LogP contribution in [-0.4, -0.2) is 41.2 Å². The number of hydrogen-bond donors (Lipinski definition) is 1. The number of hydrogen-bond acceptors (Lipinski definition) is 5. The molecule has 0 aliphatic carbocycles. The molecular weight excluding hydrogens is 401 g/mol. The molecule has 0 unspecified atom stereocenters. The topological polar surface area (TPSA) is 97.7 Å². The van der Waals surface area contributed by atoms with Gasteiger partial charge >= 0.3 is 15.6 Å².